The maximum atomic E-state index is 12.5. The summed E-state index contributed by atoms with van der Waals surface area (Å²) >= 11 is 5.26. The van der Waals surface area contributed by atoms with Gasteiger partial charge >= 0.3 is 0 Å². The van der Waals surface area contributed by atoms with Crippen molar-refractivity contribution in [3.63, 3.8) is 0 Å². The molecular formula is C24H24N2O4S. The Balaban J connectivity index is 1.52. The maximum Gasteiger partial charge on any atom is 0.257 e. The topological polar surface area (TPSA) is 68.8 Å². The number of amides is 1. The maximum absolute atomic E-state index is 12.5. The molecule has 7 heteroatoms. The van der Waals surface area contributed by atoms with Crippen molar-refractivity contribution in [3.05, 3.63) is 83.9 Å². The summed E-state index contributed by atoms with van der Waals surface area (Å²) < 4.78 is 16.3. The van der Waals surface area contributed by atoms with E-state index in [-0.39, 0.29) is 11.0 Å². The molecule has 3 aromatic carbocycles. The third-order valence-electron chi connectivity index (χ3n) is 4.50. The van der Waals surface area contributed by atoms with E-state index in [2.05, 4.69) is 22.8 Å². The van der Waals surface area contributed by atoms with E-state index in [1.807, 2.05) is 18.2 Å². The van der Waals surface area contributed by atoms with Crippen molar-refractivity contribution in [2.75, 3.05) is 26.1 Å². The van der Waals surface area contributed by atoms with E-state index in [0.717, 1.165) is 6.42 Å². The lowest BCUT2D eigenvalue weighted by molar-refractivity contribution is 0.0977. The van der Waals surface area contributed by atoms with E-state index in [1.165, 1.54) is 5.56 Å². The molecule has 0 saturated heterocycles. The van der Waals surface area contributed by atoms with Crippen molar-refractivity contribution in [3.8, 4) is 17.2 Å². The summed E-state index contributed by atoms with van der Waals surface area (Å²) in [5.41, 5.74) is 2.28. The highest BCUT2D eigenvalue weighted by Crippen LogP contribution is 2.28. The van der Waals surface area contributed by atoms with E-state index in [0.29, 0.717) is 35.1 Å². The Morgan fingerprint density at radius 2 is 1.61 bits per heavy atom. The number of hydrogen-bond donors (Lipinski definition) is 2. The molecule has 31 heavy (non-hydrogen) atoms. The molecule has 0 unspecified atom stereocenters. The fourth-order valence-electron chi connectivity index (χ4n) is 2.87. The van der Waals surface area contributed by atoms with Crippen LogP contribution in [0.1, 0.15) is 15.9 Å². The van der Waals surface area contributed by atoms with Gasteiger partial charge in [0.1, 0.15) is 17.2 Å². The molecule has 0 heterocycles. The minimum absolute atomic E-state index is 0.153. The van der Waals surface area contributed by atoms with Crippen LogP contribution in [0.4, 0.5) is 5.69 Å². The molecule has 3 rings (SSSR count). The van der Waals surface area contributed by atoms with Gasteiger partial charge in [0.2, 0.25) is 0 Å². The van der Waals surface area contributed by atoms with Crippen LogP contribution in [0, 0.1) is 0 Å². The Labute approximate surface area is 187 Å². The van der Waals surface area contributed by atoms with Crippen molar-refractivity contribution in [2.45, 2.75) is 6.42 Å². The number of thiocarbonyl (C=S) groups is 1. The molecule has 0 radical (unpaired) electrons. The van der Waals surface area contributed by atoms with Crippen molar-refractivity contribution < 1.29 is 19.0 Å². The van der Waals surface area contributed by atoms with Crippen molar-refractivity contribution in [2.24, 2.45) is 0 Å². The summed E-state index contributed by atoms with van der Waals surface area (Å²) in [5, 5.41) is 5.78. The van der Waals surface area contributed by atoms with Crippen molar-refractivity contribution >= 4 is 28.9 Å². The number of carbonyl (C=O) groups is 1. The minimum Gasteiger partial charge on any atom is -0.497 e. The van der Waals surface area contributed by atoms with Crippen molar-refractivity contribution in [1.82, 2.24) is 5.32 Å². The summed E-state index contributed by atoms with van der Waals surface area (Å²) in [5.74, 6) is 1.60. The number of nitrogens with one attached hydrogen (secondary N) is 2. The van der Waals surface area contributed by atoms with Crippen LogP contribution in [-0.4, -0.2) is 31.8 Å². The zero-order valence-electron chi connectivity index (χ0n) is 17.4. The Bertz CT molecular complexity index is 1020. The highest BCUT2D eigenvalue weighted by molar-refractivity contribution is 7.80. The molecule has 0 saturated carbocycles. The Morgan fingerprint density at radius 3 is 2.29 bits per heavy atom. The van der Waals surface area contributed by atoms with Gasteiger partial charge < -0.3 is 19.5 Å². The summed E-state index contributed by atoms with van der Waals surface area (Å²) in [6, 6.07) is 22.3. The third-order valence-corrected chi connectivity index (χ3v) is 4.70. The molecule has 0 aliphatic rings. The molecule has 1 amide bonds. The zero-order chi connectivity index (χ0) is 22.1. The molecule has 0 fully saturated rings. The van der Waals surface area contributed by atoms with Gasteiger partial charge in [0, 0.05) is 18.1 Å². The molecule has 0 bridgehead atoms. The quantitative estimate of drug-likeness (QED) is 0.509. The first-order chi connectivity index (χ1) is 15.1. The van der Waals surface area contributed by atoms with Gasteiger partial charge in [0.05, 0.1) is 26.5 Å². The van der Waals surface area contributed by atoms with Crippen LogP contribution in [0.15, 0.2) is 72.8 Å². The number of anilines is 1. The first kappa shape index (κ1) is 22.1. The second kappa shape index (κ2) is 11.0. The predicted octanol–water partition coefficient (Wildman–Crippen LogP) is 4.45. The van der Waals surface area contributed by atoms with Crippen LogP contribution in [0.2, 0.25) is 0 Å². The molecular weight excluding hydrogens is 412 g/mol. The average Bonchev–Trinajstić information content (AvgIpc) is 2.80. The minimum atomic E-state index is -0.324. The molecule has 3 aromatic rings. The summed E-state index contributed by atoms with van der Waals surface area (Å²) in [6.07, 6.45) is 0.816. The monoisotopic (exact) mass is 436 g/mol. The van der Waals surface area contributed by atoms with Crippen LogP contribution in [-0.2, 0) is 6.42 Å². The van der Waals surface area contributed by atoms with Gasteiger partial charge in [-0.05, 0) is 54.2 Å². The third kappa shape index (κ3) is 6.45. The molecule has 6 nitrogen and oxygen atoms in total. The first-order valence-corrected chi connectivity index (χ1v) is 10.1. The van der Waals surface area contributed by atoms with Gasteiger partial charge in [-0.15, -0.1) is 0 Å². The van der Waals surface area contributed by atoms with Gasteiger partial charge in [-0.1, -0.05) is 30.3 Å². The number of carbonyl (C=O) groups excluding carboxylic acids is 1. The normalized spacial score (nSPS) is 10.1. The fraction of sp³-hybridized carbons (Fsp3) is 0.167. The lowest BCUT2D eigenvalue weighted by atomic mass is 10.2. The van der Waals surface area contributed by atoms with E-state index in [1.54, 1.807) is 56.7 Å². The highest BCUT2D eigenvalue weighted by Gasteiger charge is 2.11. The van der Waals surface area contributed by atoms with Gasteiger partial charge in [0.15, 0.2) is 5.11 Å². The zero-order valence-corrected chi connectivity index (χ0v) is 18.2. The summed E-state index contributed by atoms with van der Waals surface area (Å²) in [7, 11) is 3.12. The van der Waals surface area contributed by atoms with Crippen LogP contribution in [0.5, 0.6) is 17.2 Å². The van der Waals surface area contributed by atoms with E-state index in [4.69, 9.17) is 26.4 Å². The Hall–Kier alpha value is -3.58. The number of rotatable bonds is 8. The highest BCUT2D eigenvalue weighted by atomic mass is 32.1. The lowest BCUT2D eigenvalue weighted by Gasteiger charge is -2.14. The second-order valence-electron chi connectivity index (χ2n) is 6.58. The molecule has 0 atom stereocenters. The second-order valence-corrected chi connectivity index (χ2v) is 6.99. The standard InChI is InChI=1S/C24H24N2O4S/c1-28-20-12-13-22(29-2)21(16-20)25-24(31)26-23(27)18-8-10-19(11-9-18)30-15-14-17-6-4-3-5-7-17/h3-13,16H,14-15H2,1-2H3,(H2,25,26,27,31). The molecule has 0 spiro atoms. The van der Waals surface area contributed by atoms with Crippen LogP contribution in [0.3, 0.4) is 0 Å². The summed E-state index contributed by atoms with van der Waals surface area (Å²) in [4.78, 5) is 12.5. The van der Waals surface area contributed by atoms with Gasteiger partial charge in [-0.3, -0.25) is 10.1 Å². The van der Waals surface area contributed by atoms with Crippen LogP contribution < -0.4 is 24.8 Å². The Morgan fingerprint density at radius 1 is 0.903 bits per heavy atom. The fourth-order valence-corrected chi connectivity index (χ4v) is 3.08. The van der Waals surface area contributed by atoms with E-state index < -0.39 is 0 Å². The SMILES string of the molecule is COc1ccc(OC)c(NC(=S)NC(=O)c2ccc(OCCc3ccccc3)cc2)c1. The van der Waals surface area contributed by atoms with Crippen molar-refractivity contribution in [1.29, 1.82) is 0 Å². The molecule has 0 aliphatic heterocycles. The largest absolute Gasteiger partial charge is 0.497 e. The predicted molar refractivity (Wildman–Crippen MR) is 125 cm³/mol. The van der Waals surface area contributed by atoms with Crippen LogP contribution in [0.25, 0.3) is 0 Å². The average molecular weight is 437 g/mol. The number of methoxy groups -OCH3 is 2. The number of benzene rings is 3. The number of ether oxygens (including phenoxy) is 3. The molecule has 160 valence electrons. The smallest absolute Gasteiger partial charge is 0.257 e. The molecule has 0 aliphatic carbocycles. The van der Waals surface area contributed by atoms with Gasteiger partial charge in [-0.2, -0.15) is 0 Å². The van der Waals surface area contributed by atoms with Gasteiger partial charge in [0.25, 0.3) is 5.91 Å². The molecule has 0 aromatic heterocycles. The Kier molecular flexibility index (Phi) is 7.84. The van der Waals surface area contributed by atoms with E-state index in [9.17, 15) is 4.79 Å². The summed E-state index contributed by atoms with van der Waals surface area (Å²) in [6.45, 7) is 0.561. The first-order valence-electron chi connectivity index (χ1n) is 9.70. The number of hydrogen-bond acceptors (Lipinski definition) is 5. The van der Waals surface area contributed by atoms with Gasteiger partial charge in [-0.25, -0.2) is 0 Å². The molecule has 2 N–H and O–H groups in total. The van der Waals surface area contributed by atoms with E-state index >= 15 is 0 Å². The lowest BCUT2D eigenvalue weighted by Crippen LogP contribution is -2.34. The van der Waals surface area contributed by atoms with Crippen LogP contribution >= 0.6 is 12.2 Å².